The Balaban J connectivity index is 2.01. The summed E-state index contributed by atoms with van der Waals surface area (Å²) in [6.45, 7) is 4.58. The molecule has 1 rings (SSSR count). The van der Waals surface area contributed by atoms with Gasteiger partial charge in [0, 0.05) is 0 Å². The average Bonchev–Trinajstić information content (AvgIpc) is 2.38. The van der Waals surface area contributed by atoms with Gasteiger partial charge in [0.25, 0.3) is 0 Å². The SMILES string of the molecule is CC(C)CCCCCCCC(O)c1ccccc1. The van der Waals surface area contributed by atoms with Gasteiger partial charge in [-0.3, -0.25) is 0 Å². The van der Waals surface area contributed by atoms with E-state index < -0.39 is 0 Å². The van der Waals surface area contributed by atoms with Crippen molar-refractivity contribution in [3.63, 3.8) is 0 Å². The van der Waals surface area contributed by atoms with Gasteiger partial charge in [0.05, 0.1) is 6.10 Å². The molecule has 0 saturated heterocycles. The standard InChI is InChI=1S/C17H28O/c1-15(2)11-7-4-3-5-10-14-17(18)16-12-8-6-9-13-16/h6,8-9,12-13,15,17-18H,3-5,7,10-11,14H2,1-2H3. The third-order valence-corrected chi connectivity index (χ3v) is 3.44. The molecule has 1 N–H and O–H groups in total. The van der Waals surface area contributed by atoms with Crippen molar-refractivity contribution in [3.8, 4) is 0 Å². The Kier molecular flexibility index (Phi) is 7.75. The molecule has 0 bridgehead atoms. The van der Waals surface area contributed by atoms with Gasteiger partial charge in [-0.15, -0.1) is 0 Å². The highest BCUT2D eigenvalue weighted by atomic mass is 16.3. The molecular formula is C17H28O. The monoisotopic (exact) mass is 248 g/mol. The third-order valence-electron chi connectivity index (χ3n) is 3.44. The van der Waals surface area contributed by atoms with Crippen molar-refractivity contribution in [1.82, 2.24) is 0 Å². The van der Waals surface area contributed by atoms with Crippen molar-refractivity contribution in [2.45, 2.75) is 64.9 Å². The van der Waals surface area contributed by atoms with Crippen LogP contribution in [0.5, 0.6) is 0 Å². The third kappa shape index (κ3) is 6.80. The molecule has 0 fully saturated rings. The minimum Gasteiger partial charge on any atom is -0.388 e. The van der Waals surface area contributed by atoms with Crippen molar-refractivity contribution < 1.29 is 5.11 Å². The van der Waals surface area contributed by atoms with E-state index in [4.69, 9.17) is 0 Å². The molecule has 0 aliphatic heterocycles. The normalized spacial score (nSPS) is 12.9. The van der Waals surface area contributed by atoms with Gasteiger partial charge >= 0.3 is 0 Å². The van der Waals surface area contributed by atoms with Crippen molar-refractivity contribution in [1.29, 1.82) is 0 Å². The summed E-state index contributed by atoms with van der Waals surface area (Å²) >= 11 is 0. The van der Waals surface area contributed by atoms with E-state index in [1.54, 1.807) is 0 Å². The average molecular weight is 248 g/mol. The topological polar surface area (TPSA) is 20.2 Å². The van der Waals surface area contributed by atoms with Crippen LogP contribution in [-0.4, -0.2) is 5.11 Å². The molecule has 1 atom stereocenters. The van der Waals surface area contributed by atoms with Crippen LogP contribution in [0, 0.1) is 5.92 Å². The zero-order valence-corrected chi connectivity index (χ0v) is 11.9. The van der Waals surface area contributed by atoms with E-state index in [0.29, 0.717) is 0 Å². The molecule has 0 spiro atoms. The van der Waals surface area contributed by atoms with Crippen molar-refractivity contribution in [2.24, 2.45) is 5.92 Å². The van der Waals surface area contributed by atoms with E-state index in [-0.39, 0.29) is 6.10 Å². The number of unbranched alkanes of at least 4 members (excludes halogenated alkanes) is 4. The predicted octanol–water partition coefficient (Wildman–Crippen LogP) is 5.11. The Morgan fingerprint density at radius 3 is 2.00 bits per heavy atom. The maximum absolute atomic E-state index is 10.00. The second-order valence-corrected chi connectivity index (χ2v) is 5.67. The number of aliphatic hydroxyl groups is 1. The molecule has 1 heteroatoms. The second kappa shape index (κ2) is 9.16. The number of hydrogen-bond acceptors (Lipinski definition) is 1. The summed E-state index contributed by atoms with van der Waals surface area (Å²) < 4.78 is 0. The molecule has 1 aromatic carbocycles. The van der Waals surface area contributed by atoms with Crippen LogP contribution in [0.25, 0.3) is 0 Å². The zero-order valence-electron chi connectivity index (χ0n) is 11.9. The molecule has 0 heterocycles. The van der Waals surface area contributed by atoms with Gasteiger partial charge in [0.1, 0.15) is 0 Å². The van der Waals surface area contributed by atoms with Crippen LogP contribution < -0.4 is 0 Å². The van der Waals surface area contributed by atoms with Gasteiger partial charge < -0.3 is 5.11 Å². The van der Waals surface area contributed by atoms with Gasteiger partial charge in [-0.1, -0.05) is 82.7 Å². The summed E-state index contributed by atoms with van der Waals surface area (Å²) in [4.78, 5) is 0. The Morgan fingerprint density at radius 2 is 1.39 bits per heavy atom. The fraction of sp³-hybridized carbons (Fsp3) is 0.647. The summed E-state index contributed by atoms with van der Waals surface area (Å²) in [5, 5.41) is 10.00. The summed E-state index contributed by atoms with van der Waals surface area (Å²) in [6, 6.07) is 9.99. The summed E-state index contributed by atoms with van der Waals surface area (Å²) in [5.74, 6) is 0.838. The molecule has 1 nitrogen and oxygen atoms in total. The van der Waals surface area contributed by atoms with Crippen LogP contribution in [-0.2, 0) is 0 Å². The molecule has 18 heavy (non-hydrogen) atoms. The molecule has 1 aromatic rings. The van der Waals surface area contributed by atoms with E-state index >= 15 is 0 Å². The first-order valence-electron chi connectivity index (χ1n) is 7.43. The molecule has 102 valence electrons. The lowest BCUT2D eigenvalue weighted by Crippen LogP contribution is -1.96. The molecule has 1 unspecified atom stereocenters. The zero-order chi connectivity index (χ0) is 13.2. The highest BCUT2D eigenvalue weighted by Crippen LogP contribution is 2.20. The van der Waals surface area contributed by atoms with Gasteiger partial charge in [-0.25, -0.2) is 0 Å². The molecular weight excluding hydrogens is 220 g/mol. The van der Waals surface area contributed by atoms with Gasteiger partial charge in [0.2, 0.25) is 0 Å². The number of hydrogen-bond donors (Lipinski definition) is 1. The lowest BCUT2D eigenvalue weighted by Gasteiger charge is -2.10. The smallest absolute Gasteiger partial charge is 0.0790 e. The lowest BCUT2D eigenvalue weighted by atomic mass is 10.0. The van der Waals surface area contributed by atoms with E-state index in [9.17, 15) is 5.11 Å². The fourth-order valence-electron chi connectivity index (χ4n) is 2.26. The second-order valence-electron chi connectivity index (χ2n) is 5.67. The van der Waals surface area contributed by atoms with Crippen LogP contribution >= 0.6 is 0 Å². The highest BCUT2D eigenvalue weighted by molar-refractivity contribution is 5.16. The number of rotatable bonds is 9. The Labute approximate surface area is 112 Å². The Hall–Kier alpha value is -0.820. The summed E-state index contributed by atoms with van der Waals surface area (Å²) in [7, 11) is 0. The van der Waals surface area contributed by atoms with Crippen LogP contribution in [0.15, 0.2) is 30.3 Å². The first-order chi connectivity index (χ1) is 8.70. The predicted molar refractivity (Wildman–Crippen MR) is 78.6 cm³/mol. The van der Waals surface area contributed by atoms with Crippen LogP contribution in [0.3, 0.4) is 0 Å². The summed E-state index contributed by atoms with van der Waals surface area (Å²) in [6.07, 6.45) is 8.38. The van der Waals surface area contributed by atoms with Crippen LogP contribution in [0.2, 0.25) is 0 Å². The lowest BCUT2D eigenvalue weighted by molar-refractivity contribution is 0.163. The summed E-state index contributed by atoms with van der Waals surface area (Å²) in [5.41, 5.74) is 1.05. The van der Waals surface area contributed by atoms with Crippen molar-refractivity contribution >= 4 is 0 Å². The maximum atomic E-state index is 10.00. The Bertz CT molecular complexity index is 292. The molecule has 0 radical (unpaired) electrons. The first kappa shape index (κ1) is 15.2. The van der Waals surface area contributed by atoms with Gasteiger partial charge in [-0.2, -0.15) is 0 Å². The Morgan fingerprint density at radius 1 is 0.833 bits per heavy atom. The largest absolute Gasteiger partial charge is 0.388 e. The van der Waals surface area contributed by atoms with E-state index in [2.05, 4.69) is 13.8 Å². The fourth-order valence-corrected chi connectivity index (χ4v) is 2.26. The van der Waals surface area contributed by atoms with Gasteiger partial charge in [0.15, 0.2) is 0 Å². The van der Waals surface area contributed by atoms with Crippen molar-refractivity contribution in [2.75, 3.05) is 0 Å². The minimum atomic E-state index is -0.276. The molecule has 0 saturated carbocycles. The molecule has 0 aliphatic carbocycles. The quantitative estimate of drug-likeness (QED) is 0.602. The number of benzene rings is 1. The first-order valence-corrected chi connectivity index (χ1v) is 7.43. The van der Waals surface area contributed by atoms with Gasteiger partial charge in [-0.05, 0) is 17.9 Å². The van der Waals surface area contributed by atoms with Crippen molar-refractivity contribution in [3.05, 3.63) is 35.9 Å². The van der Waals surface area contributed by atoms with E-state index in [0.717, 1.165) is 24.3 Å². The highest BCUT2D eigenvalue weighted by Gasteiger charge is 2.05. The number of aliphatic hydroxyl groups excluding tert-OH is 1. The van der Waals surface area contributed by atoms with Crippen LogP contribution in [0.1, 0.15) is 70.5 Å². The maximum Gasteiger partial charge on any atom is 0.0790 e. The van der Waals surface area contributed by atoms with E-state index in [1.165, 1.54) is 32.1 Å². The van der Waals surface area contributed by atoms with E-state index in [1.807, 2.05) is 30.3 Å². The molecule has 0 amide bonds. The minimum absolute atomic E-state index is 0.276. The molecule has 0 aliphatic rings. The van der Waals surface area contributed by atoms with Crippen LogP contribution in [0.4, 0.5) is 0 Å². The molecule has 0 aromatic heterocycles.